The number of hydrogen-bond acceptors (Lipinski definition) is 11. The zero-order valence-electron chi connectivity index (χ0n) is 39.1. The van der Waals surface area contributed by atoms with E-state index in [1.54, 1.807) is 41.8 Å². The van der Waals surface area contributed by atoms with Crippen molar-refractivity contribution in [1.82, 2.24) is 25.3 Å². The number of amides is 4. The summed E-state index contributed by atoms with van der Waals surface area (Å²) in [7, 11) is 1.86. The molecular weight excluding hydrogens is 915 g/mol. The summed E-state index contributed by atoms with van der Waals surface area (Å²) >= 11 is 11.9. The number of ether oxygens (including phenoxy) is 3. The predicted molar refractivity (Wildman–Crippen MR) is 258 cm³/mol. The molecule has 0 radical (unpaired) electrons. The van der Waals surface area contributed by atoms with Crippen molar-refractivity contribution in [2.24, 2.45) is 12.5 Å². The van der Waals surface area contributed by atoms with Gasteiger partial charge < -0.3 is 39.8 Å². The molecule has 68 heavy (non-hydrogen) atoms. The van der Waals surface area contributed by atoms with E-state index >= 15 is 4.39 Å². The van der Waals surface area contributed by atoms with Crippen LogP contribution in [0.2, 0.25) is 5.02 Å². The van der Waals surface area contributed by atoms with Gasteiger partial charge in [0, 0.05) is 64.3 Å². The third-order valence-corrected chi connectivity index (χ3v) is 12.4. The van der Waals surface area contributed by atoms with Crippen LogP contribution in [0.3, 0.4) is 0 Å². The van der Waals surface area contributed by atoms with Crippen LogP contribution in [0.15, 0.2) is 72.9 Å². The van der Waals surface area contributed by atoms with Crippen LogP contribution in [-0.4, -0.2) is 112 Å². The van der Waals surface area contributed by atoms with Crippen LogP contribution in [0.1, 0.15) is 71.4 Å². The number of nitriles is 1. The minimum atomic E-state index is -1.14. The standard InChI is InChI=1S/C49H58ClFN8O8S/c1-48(2,3)43(45(63)57-29-36(60)26-40(57)44(62)53-28-31-10-12-32(13-11-31)39-18-19-54-56(39)6)55-42(61)30-66-22-9-21-65-20-7-8-23-67-41-17-16-35(25-38(41)51)59-47(68)58(46(64)49(59,4)5)34-15-14-33(27-52)37(50)24-34/h10-19,24-25,36,40,43,60H,7-9,20-23,26,28-30H2,1-6H3,(H,53,62)(H,55,61)/t36-,40+,43-/m1/s1. The first-order valence-corrected chi connectivity index (χ1v) is 23.2. The van der Waals surface area contributed by atoms with Crippen molar-refractivity contribution in [2.75, 3.05) is 49.4 Å². The number of β-amino-alcohol motifs (C(OH)–C–C–N with tert-alkyl or cyclic N) is 1. The molecule has 4 amide bonds. The van der Waals surface area contributed by atoms with Crippen molar-refractivity contribution in [3.8, 4) is 23.1 Å². The number of likely N-dealkylation sites (tertiary alicyclic amines) is 1. The normalized spacial score (nSPS) is 17.3. The third kappa shape index (κ3) is 12.2. The molecule has 362 valence electrons. The lowest BCUT2D eigenvalue weighted by Gasteiger charge is -2.35. The van der Waals surface area contributed by atoms with Crippen LogP contribution in [0.5, 0.6) is 5.75 Å². The van der Waals surface area contributed by atoms with Gasteiger partial charge >= 0.3 is 0 Å². The zero-order valence-corrected chi connectivity index (χ0v) is 40.7. The summed E-state index contributed by atoms with van der Waals surface area (Å²) < 4.78 is 34.1. The highest BCUT2D eigenvalue weighted by atomic mass is 35.5. The van der Waals surface area contributed by atoms with Crippen LogP contribution in [0.25, 0.3) is 11.3 Å². The number of aromatic nitrogens is 2. The molecule has 0 bridgehead atoms. The van der Waals surface area contributed by atoms with Crippen molar-refractivity contribution >= 4 is 63.9 Å². The van der Waals surface area contributed by atoms with E-state index in [1.165, 1.54) is 34.1 Å². The molecule has 2 saturated heterocycles. The first kappa shape index (κ1) is 51.4. The summed E-state index contributed by atoms with van der Waals surface area (Å²) in [6, 6.07) is 18.7. The van der Waals surface area contributed by atoms with Crippen molar-refractivity contribution in [3.05, 3.63) is 94.9 Å². The quantitative estimate of drug-likeness (QED) is 0.0687. The van der Waals surface area contributed by atoms with Gasteiger partial charge in [-0.2, -0.15) is 10.4 Å². The van der Waals surface area contributed by atoms with Crippen LogP contribution in [0.4, 0.5) is 15.8 Å². The first-order valence-electron chi connectivity index (χ1n) is 22.4. The fraction of sp³-hybridized carbons (Fsp3) is 0.449. The lowest BCUT2D eigenvalue weighted by atomic mass is 9.85. The smallest absolute Gasteiger partial charge is 0.259 e. The van der Waals surface area contributed by atoms with Crippen molar-refractivity contribution < 1.29 is 42.9 Å². The summed E-state index contributed by atoms with van der Waals surface area (Å²) in [6.45, 7) is 10.0. The molecule has 3 N–H and O–H groups in total. The van der Waals surface area contributed by atoms with E-state index in [0.717, 1.165) is 16.8 Å². The summed E-state index contributed by atoms with van der Waals surface area (Å²) in [5.74, 6) is -2.24. The molecule has 0 unspecified atom stereocenters. The lowest BCUT2D eigenvalue weighted by Crippen LogP contribution is -2.58. The number of aryl methyl sites for hydroxylation is 1. The van der Waals surface area contributed by atoms with Gasteiger partial charge in [-0.1, -0.05) is 56.6 Å². The Hall–Kier alpha value is -5.97. The molecule has 3 aromatic carbocycles. The van der Waals surface area contributed by atoms with Crippen LogP contribution in [-0.2, 0) is 42.2 Å². The Kier molecular flexibility index (Phi) is 17.0. The Labute approximate surface area is 406 Å². The second-order valence-corrected chi connectivity index (χ2v) is 19.1. The maximum Gasteiger partial charge on any atom is 0.259 e. The van der Waals surface area contributed by atoms with Crippen LogP contribution in [0, 0.1) is 22.6 Å². The molecule has 3 heterocycles. The van der Waals surface area contributed by atoms with Gasteiger partial charge in [0.1, 0.15) is 30.3 Å². The van der Waals surface area contributed by atoms with E-state index < -0.39 is 52.7 Å². The number of nitrogens with zero attached hydrogens (tertiary/aromatic N) is 6. The monoisotopic (exact) mass is 972 g/mol. The van der Waals surface area contributed by atoms with Gasteiger partial charge in [0.05, 0.1) is 34.7 Å². The molecule has 6 rings (SSSR count). The summed E-state index contributed by atoms with van der Waals surface area (Å²) in [5.41, 5.74) is 1.98. The van der Waals surface area contributed by atoms with Gasteiger partial charge in [0.25, 0.3) is 5.91 Å². The molecule has 16 nitrogen and oxygen atoms in total. The number of benzene rings is 3. The number of carbonyl (C=O) groups excluding carboxylic acids is 4. The molecule has 0 saturated carbocycles. The minimum absolute atomic E-state index is 0.0340. The first-order chi connectivity index (χ1) is 32.3. The maximum absolute atomic E-state index is 15.3. The Morgan fingerprint density at radius 1 is 1.00 bits per heavy atom. The number of anilines is 2. The van der Waals surface area contributed by atoms with E-state index in [9.17, 15) is 29.5 Å². The fourth-order valence-electron chi connectivity index (χ4n) is 8.03. The molecular formula is C49H58ClFN8O8S. The fourth-order valence-corrected chi connectivity index (χ4v) is 8.77. The number of nitrogens with one attached hydrogen (secondary N) is 2. The molecule has 2 fully saturated rings. The number of unbranched alkanes of at least 4 members (excludes halogenated alkanes) is 1. The van der Waals surface area contributed by atoms with E-state index in [0.29, 0.717) is 43.9 Å². The molecule has 2 aliphatic heterocycles. The lowest BCUT2D eigenvalue weighted by molar-refractivity contribution is -0.144. The average Bonchev–Trinajstić information content (AvgIpc) is 3.96. The average molecular weight is 974 g/mol. The molecule has 19 heteroatoms. The molecule has 2 aliphatic rings. The maximum atomic E-state index is 15.3. The van der Waals surface area contributed by atoms with Gasteiger partial charge in [0.15, 0.2) is 16.7 Å². The van der Waals surface area contributed by atoms with Gasteiger partial charge in [-0.3, -0.25) is 28.8 Å². The summed E-state index contributed by atoms with van der Waals surface area (Å²) in [5, 5.41) is 30.0. The Morgan fingerprint density at radius 2 is 1.69 bits per heavy atom. The number of thiocarbonyl (C=S) groups is 1. The molecule has 4 aromatic rings. The molecule has 0 spiro atoms. The summed E-state index contributed by atoms with van der Waals surface area (Å²) in [4.78, 5) is 58.1. The number of carbonyl (C=O) groups is 4. The highest BCUT2D eigenvalue weighted by molar-refractivity contribution is 7.81. The van der Waals surface area contributed by atoms with E-state index in [4.69, 9.17) is 38.0 Å². The highest BCUT2D eigenvalue weighted by Crippen LogP contribution is 2.39. The number of hydrogen-bond donors (Lipinski definition) is 3. The van der Waals surface area contributed by atoms with Gasteiger partial charge in [-0.25, -0.2) is 4.39 Å². The number of halogens is 2. The number of aliphatic hydroxyl groups is 1. The minimum Gasteiger partial charge on any atom is -0.491 e. The number of rotatable bonds is 20. The summed E-state index contributed by atoms with van der Waals surface area (Å²) in [6.07, 6.45) is 2.67. The van der Waals surface area contributed by atoms with E-state index in [-0.39, 0.29) is 66.7 Å². The van der Waals surface area contributed by atoms with Crippen LogP contribution < -0.4 is 25.2 Å². The largest absolute Gasteiger partial charge is 0.491 e. The van der Waals surface area contributed by atoms with Crippen molar-refractivity contribution in [2.45, 2.75) is 90.6 Å². The zero-order chi connectivity index (χ0) is 49.3. The van der Waals surface area contributed by atoms with Gasteiger partial charge in [0.2, 0.25) is 17.7 Å². The molecule has 1 aromatic heterocycles. The molecule has 3 atom stereocenters. The van der Waals surface area contributed by atoms with E-state index in [1.807, 2.05) is 64.2 Å². The molecule has 0 aliphatic carbocycles. The Morgan fingerprint density at radius 3 is 2.35 bits per heavy atom. The van der Waals surface area contributed by atoms with E-state index in [2.05, 4.69) is 15.7 Å². The van der Waals surface area contributed by atoms with Crippen molar-refractivity contribution in [3.63, 3.8) is 0 Å². The second-order valence-electron chi connectivity index (χ2n) is 18.3. The number of aliphatic hydroxyl groups excluding tert-OH is 1. The van der Waals surface area contributed by atoms with Crippen LogP contribution >= 0.6 is 23.8 Å². The SMILES string of the molecule is Cn1nccc1-c1ccc(CNC(=O)[C@@H]2C[C@@H](O)CN2C(=O)[C@@H](NC(=O)COCCCOCCCCOc2ccc(N3C(=S)N(c4ccc(C#N)c(Cl)c4)C(=O)C3(C)C)cc2F)C(C)(C)C)cc1. The van der Waals surface area contributed by atoms with Gasteiger partial charge in [-0.05, 0) is 98.3 Å². The predicted octanol–water partition coefficient (Wildman–Crippen LogP) is 6.06. The third-order valence-electron chi connectivity index (χ3n) is 11.7. The Bertz CT molecular complexity index is 2530. The highest BCUT2D eigenvalue weighted by Gasteiger charge is 2.50. The van der Waals surface area contributed by atoms with Crippen molar-refractivity contribution in [1.29, 1.82) is 5.26 Å². The topological polar surface area (TPSA) is 192 Å². The van der Waals surface area contributed by atoms with Gasteiger partial charge in [-0.15, -0.1) is 0 Å². The second kappa shape index (κ2) is 22.4. The Balaban J connectivity index is 0.868.